The lowest BCUT2D eigenvalue weighted by molar-refractivity contribution is 0.956. The Morgan fingerprint density at radius 1 is 1.04 bits per heavy atom. The van der Waals surface area contributed by atoms with Crippen molar-refractivity contribution in [3.05, 3.63) is 78.6 Å². The fourth-order valence-electron chi connectivity index (χ4n) is 4.70. The van der Waals surface area contributed by atoms with Crippen LogP contribution in [-0.2, 0) is 12.8 Å². The Balaban J connectivity index is 1.46. The molecular weight excluding hydrogens is 412 g/mol. The van der Waals surface area contributed by atoms with E-state index in [1.807, 2.05) is 11.3 Å². The smallest absolute Gasteiger partial charge is 0.0365 e. The zero-order valence-corrected chi connectivity index (χ0v) is 18.5. The monoisotopic (exact) mass is 434 g/mol. The largest absolute Gasteiger partial charge is 0.140 e. The molecule has 3 aromatic rings. The summed E-state index contributed by atoms with van der Waals surface area (Å²) in [6.07, 6.45) is 6.95. The number of hydrogen-bond donors (Lipinski definition) is 0. The van der Waals surface area contributed by atoms with Crippen molar-refractivity contribution in [1.29, 1.82) is 0 Å². The highest BCUT2D eigenvalue weighted by atomic mass is 79.9. The number of aryl methyl sites for hydroxylation is 2. The molecule has 0 atom stereocenters. The molecule has 0 saturated carbocycles. The van der Waals surface area contributed by atoms with E-state index in [4.69, 9.17) is 0 Å². The van der Waals surface area contributed by atoms with Crippen LogP contribution < -0.4 is 0 Å². The second-order valence-electron chi connectivity index (χ2n) is 7.99. The van der Waals surface area contributed by atoms with Crippen molar-refractivity contribution in [1.82, 2.24) is 0 Å². The molecule has 0 amide bonds. The lowest BCUT2D eigenvalue weighted by Crippen LogP contribution is -1.90. The minimum Gasteiger partial charge on any atom is -0.140 e. The van der Waals surface area contributed by atoms with Crippen molar-refractivity contribution in [3.8, 4) is 0 Å². The van der Waals surface area contributed by atoms with Crippen LogP contribution in [0.3, 0.4) is 0 Å². The summed E-state index contributed by atoms with van der Waals surface area (Å²) in [6.45, 7) is 6.82. The number of fused-ring (bicyclic) bond motifs is 3. The van der Waals surface area contributed by atoms with Crippen LogP contribution in [0.1, 0.15) is 52.5 Å². The maximum Gasteiger partial charge on any atom is 0.0365 e. The van der Waals surface area contributed by atoms with Gasteiger partial charge in [0.2, 0.25) is 0 Å². The fraction of sp³-hybridized carbons (Fsp3) is 0.280. The minimum atomic E-state index is 1.09. The van der Waals surface area contributed by atoms with Gasteiger partial charge in [-0.05, 0) is 102 Å². The highest BCUT2D eigenvalue weighted by Gasteiger charge is 2.25. The van der Waals surface area contributed by atoms with Crippen LogP contribution in [0.15, 0.2) is 46.0 Å². The first-order valence-corrected chi connectivity index (χ1v) is 11.3. The average molecular weight is 435 g/mol. The number of rotatable bonds is 3. The van der Waals surface area contributed by atoms with Crippen LogP contribution in [0.25, 0.3) is 21.7 Å². The Morgan fingerprint density at radius 3 is 2.67 bits per heavy atom. The van der Waals surface area contributed by atoms with E-state index < -0.39 is 0 Å². The van der Waals surface area contributed by atoms with Crippen molar-refractivity contribution in [2.45, 2.75) is 46.5 Å². The molecule has 1 heterocycles. The topological polar surface area (TPSA) is 0 Å². The molecule has 2 aliphatic rings. The van der Waals surface area contributed by atoms with Gasteiger partial charge in [-0.3, -0.25) is 0 Å². The Bertz CT molecular complexity index is 1160. The van der Waals surface area contributed by atoms with Gasteiger partial charge < -0.3 is 0 Å². The molecule has 0 nitrogen and oxygen atoms in total. The second kappa shape index (κ2) is 6.46. The number of halogens is 1. The normalized spacial score (nSPS) is 15.5. The predicted octanol–water partition coefficient (Wildman–Crippen LogP) is 8.03. The second-order valence-corrected chi connectivity index (χ2v) is 10.0. The molecule has 5 rings (SSSR count). The molecule has 0 aliphatic heterocycles. The molecule has 0 spiro atoms. The van der Waals surface area contributed by atoms with Gasteiger partial charge in [0.05, 0.1) is 0 Å². The van der Waals surface area contributed by atoms with E-state index in [9.17, 15) is 0 Å². The van der Waals surface area contributed by atoms with E-state index in [1.165, 1.54) is 53.7 Å². The molecule has 0 unspecified atom stereocenters. The Kier molecular flexibility index (Phi) is 4.18. The molecule has 136 valence electrons. The van der Waals surface area contributed by atoms with E-state index >= 15 is 0 Å². The van der Waals surface area contributed by atoms with Gasteiger partial charge in [0, 0.05) is 19.4 Å². The van der Waals surface area contributed by atoms with E-state index in [0.717, 1.165) is 19.3 Å². The zero-order valence-electron chi connectivity index (χ0n) is 16.1. The summed E-state index contributed by atoms with van der Waals surface area (Å²) in [4.78, 5) is 1.44. The molecular formula is C25H23BrS. The van der Waals surface area contributed by atoms with Crippen molar-refractivity contribution in [3.63, 3.8) is 0 Å². The summed E-state index contributed by atoms with van der Waals surface area (Å²) in [5, 5.41) is 1.43. The average Bonchev–Trinajstić information content (AvgIpc) is 3.28. The SMILES string of the molecule is CC1=C(CCC2=Cc3ccccc3C2)c2cc3sc(C)c(C)c3c(Br)c2C1. The molecule has 0 fully saturated rings. The first-order valence-electron chi connectivity index (χ1n) is 9.70. The van der Waals surface area contributed by atoms with Crippen LogP contribution >= 0.6 is 27.3 Å². The van der Waals surface area contributed by atoms with Crippen molar-refractivity contribution in [2.75, 3.05) is 0 Å². The number of benzene rings is 2. The highest BCUT2D eigenvalue weighted by Crippen LogP contribution is 2.46. The van der Waals surface area contributed by atoms with Crippen LogP contribution in [-0.4, -0.2) is 0 Å². The summed E-state index contributed by atoms with van der Waals surface area (Å²) >= 11 is 5.89. The number of hydrogen-bond acceptors (Lipinski definition) is 1. The molecule has 0 bridgehead atoms. The third-order valence-corrected chi connectivity index (χ3v) is 8.34. The molecule has 27 heavy (non-hydrogen) atoms. The van der Waals surface area contributed by atoms with Crippen LogP contribution in [0.5, 0.6) is 0 Å². The van der Waals surface area contributed by atoms with Gasteiger partial charge in [-0.1, -0.05) is 41.5 Å². The van der Waals surface area contributed by atoms with Crippen LogP contribution in [0, 0.1) is 13.8 Å². The summed E-state index contributed by atoms with van der Waals surface area (Å²) in [7, 11) is 0. The maximum atomic E-state index is 3.96. The quantitative estimate of drug-likeness (QED) is 0.391. The molecule has 2 aromatic carbocycles. The number of allylic oxidation sites excluding steroid dienone is 3. The summed E-state index contributed by atoms with van der Waals surface area (Å²) in [5.74, 6) is 0. The van der Waals surface area contributed by atoms with Gasteiger partial charge in [0.15, 0.2) is 0 Å². The van der Waals surface area contributed by atoms with Gasteiger partial charge in [0.1, 0.15) is 0 Å². The molecule has 2 heteroatoms. The maximum absolute atomic E-state index is 3.96. The Labute approximate surface area is 173 Å². The first kappa shape index (κ1) is 17.5. The summed E-state index contributed by atoms with van der Waals surface area (Å²) < 4.78 is 2.76. The van der Waals surface area contributed by atoms with Gasteiger partial charge in [-0.15, -0.1) is 11.3 Å². The molecule has 0 N–H and O–H groups in total. The molecule has 0 saturated heterocycles. The summed E-state index contributed by atoms with van der Waals surface area (Å²) in [6, 6.07) is 11.3. The summed E-state index contributed by atoms with van der Waals surface area (Å²) in [5.41, 5.74) is 12.0. The van der Waals surface area contributed by atoms with Crippen molar-refractivity contribution < 1.29 is 0 Å². The van der Waals surface area contributed by atoms with Crippen LogP contribution in [0.2, 0.25) is 0 Å². The van der Waals surface area contributed by atoms with E-state index in [1.54, 1.807) is 16.7 Å². The lowest BCUT2D eigenvalue weighted by Gasteiger charge is -2.10. The van der Waals surface area contributed by atoms with Gasteiger partial charge in [-0.2, -0.15) is 0 Å². The van der Waals surface area contributed by atoms with E-state index in [2.05, 4.69) is 73.1 Å². The van der Waals surface area contributed by atoms with Gasteiger partial charge >= 0.3 is 0 Å². The fourth-order valence-corrected chi connectivity index (χ4v) is 6.82. The van der Waals surface area contributed by atoms with E-state index in [0.29, 0.717) is 0 Å². The highest BCUT2D eigenvalue weighted by molar-refractivity contribution is 9.10. The first-order chi connectivity index (χ1) is 13.0. The van der Waals surface area contributed by atoms with Crippen LogP contribution in [0.4, 0.5) is 0 Å². The standard InChI is InChI=1S/C25H23BrS/c1-14-10-22-21(13-23-24(25(22)26)15(2)16(3)27-23)20(14)9-8-17-11-18-6-4-5-7-19(18)12-17/h4-7,11,13H,8-10,12H2,1-3H3. The van der Waals surface area contributed by atoms with Crippen molar-refractivity contribution in [2.24, 2.45) is 0 Å². The molecule has 1 aromatic heterocycles. The Hall–Kier alpha value is -1.64. The third-order valence-electron chi connectivity index (χ3n) is 6.31. The number of thiophene rings is 1. The van der Waals surface area contributed by atoms with E-state index in [-0.39, 0.29) is 0 Å². The Morgan fingerprint density at radius 2 is 1.85 bits per heavy atom. The van der Waals surface area contributed by atoms with Gasteiger partial charge in [-0.25, -0.2) is 0 Å². The molecule has 2 aliphatic carbocycles. The predicted molar refractivity (Wildman–Crippen MR) is 123 cm³/mol. The minimum absolute atomic E-state index is 1.09. The zero-order chi connectivity index (χ0) is 18.7. The van der Waals surface area contributed by atoms with Crippen molar-refractivity contribution >= 4 is 49.0 Å². The third kappa shape index (κ3) is 2.77. The lowest BCUT2D eigenvalue weighted by atomic mass is 9.96. The molecule has 0 radical (unpaired) electrons. The van der Waals surface area contributed by atoms with Gasteiger partial charge in [0.25, 0.3) is 0 Å².